The molecule has 0 saturated heterocycles. The molecule has 1 atom stereocenters. The molecule has 4 rings (SSSR count). The maximum Gasteiger partial charge on any atom is 0.240 e. The summed E-state index contributed by atoms with van der Waals surface area (Å²) in [6.45, 7) is 6.21. The monoisotopic (exact) mass is 478 g/mol. The highest BCUT2D eigenvalue weighted by Crippen LogP contribution is 2.64. The van der Waals surface area contributed by atoms with Gasteiger partial charge >= 0.3 is 0 Å². The van der Waals surface area contributed by atoms with E-state index < -0.39 is 15.4 Å². The van der Waals surface area contributed by atoms with E-state index in [9.17, 15) is 13.2 Å². The summed E-state index contributed by atoms with van der Waals surface area (Å²) < 4.78 is 31.7. The molecule has 178 valence electrons. The lowest BCUT2D eigenvalue weighted by molar-refractivity contribution is -0.119. The van der Waals surface area contributed by atoms with Crippen LogP contribution in [-0.2, 0) is 20.2 Å². The van der Waals surface area contributed by atoms with Crippen molar-refractivity contribution >= 4 is 21.6 Å². The van der Waals surface area contributed by atoms with E-state index in [4.69, 9.17) is 4.74 Å². The summed E-state index contributed by atoms with van der Waals surface area (Å²) in [5.74, 6) is 0.724. The van der Waals surface area contributed by atoms with Gasteiger partial charge in [0.1, 0.15) is 5.75 Å². The topological polar surface area (TPSA) is 84.5 Å². The molecule has 1 amide bonds. The number of nitrogens with one attached hydrogen (secondary N) is 2. The summed E-state index contributed by atoms with van der Waals surface area (Å²) in [6, 6.07) is 20.2. The van der Waals surface area contributed by atoms with Gasteiger partial charge < -0.3 is 10.1 Å². The number of amides is 1. The number of carbonyl (C=O) groups excluding carboxylic acids is 1. The highest BCUT2D eigenvalue weighted by atomic mass is 32.2. The van der Waals surface area contributed by atoms with E-state index in [0.717, 1.165) is 34.4 Å². The molecular weight excluding hydrogens is 448 g/mol. The van der Waals surface area contributed by atoms with Gasteiger partial charge in [0.05, 0.1) is 17.4 Å². The van der Waals surface area contributed by atoms with Crippen LogP contribution >= 0.6 is 0 Å². The van der Waals surface area contributed by atoms with E-state index >= 15 is 0 Å². The first-order valence-corrected chi connectivity index (χ1v) is 12.6. The summed E-state index contributed by atoms with van der Waals surface area (Å²) >= 11 is 0. The highest BCUT2D eigenvalue weighted by Gasteiger charge is 2.67. The lowest BCUT2D eigenvalue weighted by atomic mass is 9.86. The molecule has 6 nitrogen and oxygen atoms in total. The molecular formula is C27H30N2O4S. The summed E-state index contributed by atoms with van der Waals surface area (Å²) in [4.78, 5) is 13.8. The summed E-state index contributed by atoms with van der Waals surface area (Å²) in [5.41, 5.74) is 3.75. The van der Waals surface area contributed by atoms with Crippen LogP contribution < -0.4 is 14.8 Å². The molecule has 1 aliphatic rings. The van der Waals surface area contributed by atoms with Crippen LogP contribution in [0.1, 0.15) is 31.4 Å². The Morgan fingerprint density at radius 1 is 0.971 bits per heavy atom. The number of ether oxygens (including phenoxy) is 1. The molecule has 1 fully saturated rings. The molecule has 2 N–H and O–H groups in total. The third-order valence-corrected chi connectivity index (χ3v) is 8.38. The van der Waals surface area contributed by atoms with Gasteiger partial charge in [-0.15, -0.1) is 0 Å². The maximum absolute atomic E-state index is 13.6. The fraction of sp³-hybridized carbons (Fsp3) is 0.296. The van der Waals surface area contributed by atoms with E-state index in [0.29, 0.717) is 5.69 Å². The van der Waals surface area contributed by atoms with E-state index in [1.807, 2.05) is 49.4 Å². The van der Waals surface area contributed by atoms with Crippen molar-refractivity contribution in [2.45, 2.75) is 37.5 Å². The smallest absolute Gasteiger partial charge is 0.240 e. The highest BCUT2D eigenvalue weighted by molar-refractivity contribution is 7.89. The van der Waals surface area contributed by atoms with Crippen molar-refractivity contribution in [3.05, 3.63) is 77.9 Å². The Bertz CT molecular complexity index is 1330. The molecule has 0 aliphatic heterocycles. The van der Waals surface area contributed by atoms with E-state index in [1.54, 1.807) is 31.4 Å². The maximum atomic E-state index is 13.6. The minimum absolute atomic E-state index is 0.0343. The quantitative estimate of drug-likeness (QED) is 0.507. The first-order valence-electron chi connectivity index (χ1n) is 11.1. The molecule has 0 radical (unpaired) electrons. The number of rotatable bonds is 7. The van der Waals surface area contributed by atoms with Crippen LogP contribution in [0.25, 0.3) is 11.1 Å². The lowest BCUT2D eigenvalue weighted by Crippen LogP contribution is -2.32. The normalized spacial score (nSPS) is 18.9. The average Bonchev–Trinajstić information content (AvgIpc) is 3.43. The molecule has 3 aromatic carbocycles. The second-order valence-electron chi connectivity index (χ2n) is 9.41. The van der Waals surface area contributed by atoms with Crippen molar-refractivity contribution < 1.29 is 17.9 Å². The Hall–Kier alpha value is -3.16. The predicted molar refractivity (Wildman–Crippen MR) is 135 cm³/mol. The zero-order chi connectivity index (χ0) is 24.7. The van der Waals surface area contributed by atoms with Crippen LogP contribution in [0.4, 0.5) is 5.69 Å². The summed E-state index contributed by atoms with van der Waals surface area (Å²) in [5, 5.41) is 3.13. The molecule has 0 spiro atoms. The minimum atomic E-state index is -3.50. The molecule has 34 heavy (non-hydrogen) atoms. The lowest BCUT2D eigenvalue weighted by Gasteiger charge is -2.21. The number of carbonyl (C=O) groups is 1. The van der Waals surface area contributed by atoms with Crippen LogP contribution in [0.15, 0.2) is 71.6 Å². The summed E-state index contributed by atoms with van der Waals surface area (Å²) in [7, 11) is -0.484. The third kappa shape index (κ3) is 4.10. The van der Waals surface area contributed by atoms with Crippen LogP contribution in [-0.4, -0.2) is 28.5 Å². The van der Waals surface area contributed by atoms with Crippen LogP contribution in [0.3, 0.4) is 0 Å². The Kier molecular flexibility index (Phi) is 6.04. The van der Waals surface area contributed by atoms with Crippen molar-refractivity contribution in [3.8, 4) is 16.9 Å². The Morgan fingerprint density at radius 2 is 1.59 bits per heavy atom. The number of benzene rings is 3. The second kappa shape index (κ2) is 8.56. The number of sulfonamides is 1. The predicted octanol–water partition coefficient (Wildman–Crippen LogP) is 4.89. The van der Waals surface area contributed by atoms with Gasteiger partial charge in [-0.2, -0.15) is 0 Å². The van der Waals surface area contributed by atoms with E-state index in [1.165, 1.54) is 7.05 Å². The van der Waals surface area contributed by atoms with Gasteiger partial charge in [-0.1, -0.05) is 44.2 Å². The molecule has 3 aromatic rings. The average molecular weight is 479 g/mol. The zero-order valence-corrected chi connectivity index (χ0v) is 20.9. The standard InChI is InChI=1S/C27H30N2O4S/c1-18-6-11-21(16-24(18)19-7-14-23(15-8-19)34(31,32)28-4)29-25(30)27(17-26(27,2)3)20-9-12-22(33-5)13-10-20/h6-16,28H,17H2,1-5H3,(H,29,30). The van der Waals surface area contributed by atoms with Crippen molar-refractivity contribution in [2.75, 3.05) is 19.5 Å². The Labute approximate surface area is 201 Å². The number of anilines is 1. The molecule has 1 aliphatic carbocycles. The van der Waals surface area contributed by atoms with Crippen molar-refractivity contribution in [3.63, 3.8) is 0 Å². The third-order valence-electron chi connectivity index (χ3n) is 6.95. The minimum Gasteiger partial charge on any atom is -0.497 e. The first kappa shape index (κ1) is 24.0. The fourth-order valence-corrected chi connectivity index (χ4v) is 5.42. The van der Waals surface area contributed by atoms with Gasteiger partial charge in [0, 0.05) is 5.69 Å². The van der Waals surface area contributed by atoms with Gasteiger partial charge in [0.25, 0.3) is 0 Å². The number of aryl methyl sites for hydroxylation is 1. The van der Waals surface area contributed by atoms with Crippen LogP contribution in [0.5, 0.6) is 5.75 Å². The molecule has 0 heterocycles. The summed E-state index contributed by atoms with van der Waals surface area (Å²) in [6.07, 6.45) is 0.762. The van der Waals surface area contributed by atoms with Crippen molar-refractivity contribution in [1.82, 2.24) is 4.72 Å². The van der Waals surface area contributed by atoms with Gasteiger partial charge in [0.2, 0.25) is 15.9 Å². The van der Waals surface area contributed by atoms with Crippen molar-refractivity contribution in [1.29, 1.82) is 0 Å². The zero-order valence-electron chi connectivity index (χ0n) is 20.1. The molecule has 1 unspecified atom stereocenters. The SMILES string of the molecule is CNS(=O)(=O)c1ccc(-c2cc(NC(=O)C3(c4ccc(OC)cc4)CC3(C)C)ccc2C)cc1. The molecule has 0 bridgehead atoms. The fourth-order valence-electron chi connectivity index (χ4n) is 4.69. The molecule has 1 saturated carbocycles. The second-order valence-corrected chi connectivity index (χ2v) is 11.3. The molecule has 7 heteroatoms. The van der Waals surface area contributed by atoms with Crippen LogP contribution in [0, 0.1) is 12.3 Å². The molecule has 0 aromatic heterocycles. The van der Waals surface area contributed by atoms with Gasteiger partial charge in [-0.05, 0) is 84.5 Å². The van der Waals surface area contributed by atoms with Crippen LogP contribution in [0.2, 0.25) is 0 Å². The largest absolute Gasteiger partial charge is 0.497 e. The van der Waals surface area contributed by atoms with E-state index in [2.05, 4.69) is 23.9 Å². The Balaban J connectivity index is 1.62. The van der Waals surface area contributed by atoms with E-state index in [-0.39, 0.29) is 16.2 Å². The number of hydrogen-bond donors (Lipinski definition) is 2. The van der Waals surface area contributed by atoms with Crippen molar-refractivity contribution in [2.24, 2.45) is 5.41 Å². The first-order chi connectivity index (χ1) is 16.0. The number of methoxy groups -OCH3 is 1. The Morgan fingerprint density at radius 3 is 2.12 bits per heavy atom. The van der Waals surface area contributed by atoms with Gasteiger partial charge in [-0.3, -0.25) is 4.79 Å². The van der Waals surface area contributed by atoms with Gasteiger partial charge in [-0.25, -0.2) is 13.1 Å². The van der Waals surface area contributed by atoms with Gasteiger partial charge in [0.15, 0.2) is 0 Å². The number of hydrogen-bond acceptors (Lipinski definition) is 4.